The fraction of sp³-hybridized carbons (Fsp3) is 1.00. The first-order valence-electron chi connectivity index (χ1n) is 22.6. The molecule has 0 aliphatic rings. The van der Waals surface area contributed by atoms with E-state index < -0.39 is 0 Å². The van der Waals surface area contributed by atoms with Gasteiger partial charge in [-0.15, -0.1) is 0 Å². The minimum Gasteiger partial charge on any atom is -0.303 e. The van der Waals surface area contributed by atoms with Crippen molar-refractivity contribution in [1.82, 2.24) is 4.90 Å². The Labute approximate surface area is 295 Å². The molecule has 0 spiro atoms. The van der Waals surface area contributed by atoms with E-state index >= 15 is 0 Å². The van der Waals surface area contributed by atoms with Gasteiger partial charge in [-0.25, -0.2) is 0 Å². The van der Waals surface area contributed by atoms with E-state index in [-0.39, 0.29) is 0 Å². The van der Waals surface area contributed by atoms with Crippen molar-refractivity contribution in [3.05, 3.63) is 0 Å². The van der Waals surface area contributed by atoms with Gasteiger partial charge in [0.1, 0.15) is 0 Å². The summed E-state index contributed by atoms with van der Waals surface area (Å²) < 4.78 is 0. The lowest BCUT2D eigenvalue weighted by atomic mass is 10.0. The van der Waals surface area contributed by atoms with Gasteiger partial charge in [-0.2, -0.15) is 0 Å². The molecule has 0 aromatic carbocycles. The Morgan fingerprint density at radius 1 is 0.174 bits per heavy atom. The van der Waals surface area contributed by atoms with E-state index in [1.807, 2.05) is 0 Å². The van der Waals surface area contributed by atoms with Crippen LogP contribution in [0.5, 0.6) is 0 Å². The van der Waals surface area contributed by atoms with E-state index in [0.717, 1.165) is 0 Å². The summed E-state index contributed by atoms with van der Waals surface area (Å²) in [4.78, 5) is 2.85. The molecule has 0 saturated heterocycles. The van der Waals surface area contributed by atoms with Crippen LogP contribution in [-0.4, -0.2) is 24.5 Å². The van der Waals surface area contributed by atoms with Crippen LogP contribution >= 0.6 is 0 Å². The highest BCUT2D eigenvalue weighted by atomic mass is 15.1. The number of unbranched alkanes of at least 4 members (excludes halogenated alkanes) is 36. The molecule has 1 heteroatoms. The first kappa shape index (κ1) is 46.0. The molecule has 278 valence electrons. The Balaban J connectivity index is 3.62. The summed E-state index contributed by atoms with van der Waals surface area (Å²) in [5.41, 5.74) is 0. The molecule has 0 aliphatic heterocycles. The lowest BCUT2D eigenvalue weighted by Crippen LogP contribution is -2.27. The van der Waals surface area contributed by atoms with Crippen molar-refractivity contribution in [3.8, 4) is 0 Å². The summed E-state index contributed by atoms with van der Waals surface area (Å²) >= 11 is 0. The second-order valence-electron chi connectivity index (χ2n) is 15.6. The zero-order valence-corrected chi connectivity index (χ0v) is 33.1. The van der Waals surface area contributed by atoms with Gasteiger partial charge in [0.05, 0.1) is 0 Å². The number of rotatable bonds is 42. The molecule has 0 N–H and O–H groups in total. The lowest BCUT2D eigenvalue weighted by Gasteiger charge is -2.22. The predicted molar refractivity (Wildman–Crippen MR) is 214 cm³/mol. The molecule has 0 unspecified atom stereocenters. The molecule has 0 aromatic heterocycles. The molecule has 0 amide bonds. The molecule has 0 radical (unpaired) electrons. The monoisotopic (exact) mass is 648 g/mol. The minimum absolute atomic E-state index is 1.37. The highest BCUT2D eigenvalue weighted by molar-refractivity contribution is 4.61. The average molecular weight is 648 g/mol. The molecule has 0 aliphatic carbocycles. The van der Waals surface area contributed by atoms with Crippen molar-refractivity contribution in [2.24, 2.45) is 0 Å². The summed E-state index contributed by atoms with van der Waals surface area (Å²) in [5, 5.41) is 0. The molecule has 0 rings (SSSR count). The van der Waals surface area contributed by atoms with Crippen LogP contribution in [0.25, 0.3) is 0 Å². The topological polar surface area (TPSA) is 3.24 Å². The quantitative estimate of drug-likeness (QED) is 0.0596. The summed E-state index contributed by atoms with van der Waals surface area (Å²) in [7, 11) is 0. The minimum atomic E-state index is 1.37. The van der Waals surface area contributed by atoms with Crippen LogP contribution in [0.15, 0.2) is 0 Å². The first-order chi connectivity index (χ1) is 22.8. The molecular weight excluding hydrogens is 555 g/mol. The van der Waals surface area contributed by atoms with Crippen LogP contribution in [0.2, 0.25) is 0 Å². The van der Waals surface area contributed by atoms with Gasteiger partial charge in [-0.05, 0) is 38.9 Å². The van der Waals surface area contributed by atoms with Crippen LogP contribution < -0.4 is 0 Å². The summed E-state index contributed by atoms with van der Waals surface area (Å²) in [6.45, 7) is 11.1. The molecular formula is C45H93N. The van der Waals surface area contributed by atoms with E-state index in [1.54, 1.807) is 0 Å². The van der Waals surface area contributed by atoms with Gasteiger partial charge in [0.25, 0.3) is 0 Å². The van der Waals surface area contributed by atoms with E-state index in [2.05, 4.69) is 25.7 Å². The van der Waals surface area contributed by atoms with Crippen molar-refractivity contribution < 1.29 is 0 Å². The largest absolute Gasteiger partial charge is 0.303 e. The van der Waals surface area contributed by atoms with E-state index in [1.165, 1.54) is 270 Å². The highest BCUT2D eigenvalue weighted by Gasteiger charge is 2.05. The van der Waals surface area contributed by atoms with Gasteiger partial charge in [0.15, 0.2) is 0 Å². The SMILES string of the molecule is CCCCCCCCCCCCCCCCCCCCCCCCCN(CCCCCCCCCC)CCCCCCCCCC. The smallest absolute Gasteiger partial charge is 0.00187 e. The van der Waals surface area contributed by atoms with Crippen LogP contribution in [0.1, 0.15) is 271 Å². The Morgan fingerprint density at radius 2 is 0.304 bits per heavy atom. The summed E-state index contributed by atoms with van der Waals surface area (Å²) in [6, 6.07) is 0. The first-order valence-corrected chi connectivity index (χ1v) is 22.6. The normalized spacial score (nSPS) is 11.7. The Hall–Kier alpha value is -0.0400. The maximum Gasteiger partial charge on any atom is -0.00187 e. The molecule has 46 heavy (non-hydrogen) atoms. The molecule has 0 heterocycles. The van der Waals surface area contributed by atoms with Gasteiger partial charge in [-0.3, -0.25) is 0 Å². The molecule has 1 nitrogen and oxygen atoms in total. The average Bonchev–Trinajstić information content (AvgIpc) is 3.07. The third-order valence-electron chi connectivity index (χ3n) is 10.7. The van der Waals surface area contributed by atoms with Crippen LogP contribution in [-0.2, 0) is 0 Å². The lowest BCUT2D eigenvalue weighted by molar-refractivity contribution is 0.254. The van der Waals surface area contributed by atoms with Crippen molar-refractivity contribution >= 4 is 0 Å². The van der Waals surface area contributed by atoms with Gasteiger partial charge in [0.2, 0.25) is 0 Å². The Bertz CT molecular complexity index is 481. The van der Waals surface area contributed by atoms with Crippen LogP contribution in [0, 0.1) is 0 Å². The van der Waals surface area contributed by atoms with Crippen molar-refractivity contribution in [2.75, 3.05) is 19.6 Å². The van der Waals surface area contributed by atoms with Gasteiger partial charge in [0, 0.05) is 0 Å². The van der Waals surface area contributed by atoms with Gasteiger partial charge < -0.3 is 4.90 Å². The fourth-order valence-electron chi connectivity index (χ4n) is 7.39. The Morgan fingerprint density at radius 3 is 0.457 bits per heavy atom. The zero-order valence-electron chi connectivity index (χ0n) is 33.1. The second-order valence-corrected chi connectivity index (χ2v) is 15.6. The maximum absolute atomic E-state index is 2.85. The second kappa shape index (κ2) is 43.0. The Kier molecular flexibility index (Phi) is 42.9. The molecule has 0 aromatic rings. The third kappa shape index (κ3) is 40.1. The maximum atomic E-state index is 2.85. The summed E-state index contributed by atoms with van der Waals surface area (Å²) in [6.07, 6.45) is 57.1. The van der Waals surface area contributed by atoms with E-state index in [4.69, 9.17) is 0 Å². The van der Waals surface area contributed by atoms with Crippen molar-refractivity contribution in [1.29, 1.82) is 0 Å². The molecule has 0 saturated carbocycles. The number of hydrogen-bond donors (Lipinski definition) is 0. The number of hydrogen-bond acceptors (Lipinski definition) is 1. The zero-order chi connectivity index (χ0) is 33.3. The fourth-order valence-corrected chi connectivity index (χ4v) is 7.39. The van der Waals surface area contributed by atoms with Crippen molar-refractivity contribution in [3.63, 3.8) is 0 Å². The number of nitrogens with zero attached hydrogens (tertiary/aromatic N) is 1. The molecule has 0 bridgehead atoms. The third-order valence-corrected chi connectivity index (χ3v) is 10.7. The van der Waals surface area contributed by atoms with Gasteiger partial charge >= 0.3 is 0 Å². The van der Waals surface area contributed by atoms with E-state index in [9.17, 15) is 0 Å². The molecule has 0 fully saturated rings. The van der Waals surface area contributed by atoms with Crippen LogP contribution in [0.4, 0.5) is 0 Å². The van der Waals surface area contributed by atoms with Crippen molar-refractivity contribution in [2.45, 2.75) is 271 Å². The standard InChI is InChI=1S/C45H93N/c1-4-7-10-13-16-19-20-21-22-23-24-25-26-27-28-29-30-31-32-33-36-39-42-45-46(43-40-37-34-17-14-11-8-5-2)44-41-38-35-18-15-12-9-6-3/h4-45H2,1-3H3. The van der Waals surface area contributed by atoms with Crippen LogP contribution in [0.3, 0.4) is 0 Å². The van der Waals surface area contributed by atoms with E-state index in [0.29, 0.717) is 0 Å². The van der Waals surface area contributed by atoms with Gasteiger partial charge in [-0.1, -0.05) is 252 Å². The highest BCUT2D eigenvalue weighted by Crippen LogP contribution is 2.16. The summed E-state index contributed by atoms with van der Waals surface area (Å²) in [5.74, 6) is 0. The predicted octanol–water partition coefficient (Wildman–Crippen LogP) is 16.6. The molecule has 0 atom stereocenters.